The van der Waals surface area contributed by atoms with Crippen molar-refractivity contribution in [1.29, 1.82) is 0 Å². The van der Waals surface area contributed by atoms with Crippen molar-refractivity contribution in [2.75, 3.05) is 43.2 Å². The van der Waals surface area contributed by atoms with Crippen LogP contribution in [0.2, 0.25) is 0 Å². The van der Waals surface area contributed by atoms with Gasteiger partial charge in [-0.2, -0.15) is 13.2 Å². The Bertz CT molecular complexity index is 1490. The van der Waals surface area contributed by atoms with Crippen molar-refractivity contribution in [3.63, 3.8) is 0 Å². The number of likely N-dealkylation sites (tertiary alicyclic amines) is 1. The van der Waals surface area contributed by atoms with E-state index in [1.807, 2.05) is 13.1 Å². The number of halogens is 3. The lowest BCUT2D eigenvalue weighted by Crippen LogP contribution is -2.36. The fourth-order valence-corrected chi connectivity index (χ4v) is 6.25. The maximum absolute atomic E-state index is 13.5. The summed E-state index contributed by atoms with van der Waals surface area (Å²) in [5.41, 5.74) is 1.19. The van der Waals surface area contributed by atoms with E-state index in [0.29, 0.717) is 10.9 Å². The summed E-state index contributed by atoms with van der Waals surface area (Å²) in [5, 5.41) is 13.8. The van der Waals surface area contributed by atoms with Gasteiger partial charge in [-0.15, -0.1) is 11.3 Å². The van der Waals surface area contributed by atoms with Crippen LogP contribution < -0.4 is 10.2 Å². The van der Waals surface area contributed by atoms with Crippen molar-refractivity contribution >= 4 is 48.9 Å². The van der Waals surface area contributed by atoms with E-state index in [1.165, 1.54) is 12.1 Å². The monoisotopic (exact) mass is 568 g/mol. The standard InChI is InChI=1S/C25H27F3N4O4S2/c1-30-13-10-17(11-14-30)29-20-6-3-7-21-19(20)15-18(32(21)16-25(26,27)28)5-4-12-31(24(33)34)22-8-9-23(37-22)38(2,35)36/h3,6-9,15,17,29H,10-14,16H2,1-2H3,(H,33,34). The molecule has 3 aromatic rings. The van der Waals surface area contributed by atoms with E-state index in [4.69, 9.17) is 0 Å². The van der Waals surface area contributed by atoms with E-state index >= 15 is 0 Å². The number of thiophene rings is 1. The van der Waals surface area contributed by atoms with Crippen molar-refractivity contribution < 1.29 is 31.5 Å². The maximum Gasteiger partial charge on any atom is 0.413 e. The van der Waals surface area contributed by atoms with E-state index in [9.17, 15) is 31.5 Å². The smallest absolute Gasteiger partial charge is 0.413 e. The average molecular weight is 569 g/mol. The number of amides is 1. The second kappa shape index (κ2) is 10.9. The molecular formula is C25H27F3N4O4S2. The van der Waals surface area contributed by atoms with Crippen molar-refractivity contribution in [3.05, 3.63) is 42.1 Å². The molecule has 0 spiro atoms. The number of nitrogens with zero attached hydrogens (tertiary/aromatic N) is 3. The zero-order valence-corrected chi connectivity index (χ0v) is 22.4. The highest BCUT2D eigenvalue weighted by molar-refractivity contribution is 7.92. The first kappa shape index (κ1) is 27.8. The summed E-state index contributed by atoms with van der Waals surface area (Å²) >= 11 is 0.780. The van der Waals surface area contributed by atoms with E-state index in [2.05, 4.69) is 22.1 Å². The minimum absolute atomic E-state index is 0.00153. The molecule has 0 unspecified atom stereocenters. The van der Waals surface area contributed by atoms with Crippen LogP contribution in [0.25, 0.3) is 10.9 Å². The number of anilines is 2. The van der Waals surface area contributed by atoms with Crippen LogP contribution in [0.5, 0.6) is 0 Å². The van der Waals surface area contributed by atoms with Crippen LogP contribution in [0.3, 0.4) is 0 Å². The second-order valence-corrected chi connectivity index (χ2v) is 12.5. The van der Waals surface area contributed by atoms with Gasteiger partial charge in [0.1, 0.15) is 15.8 Å². The summed E-state index contributed by atoms with van der Waals surface area (Å²) in [7, 11) is -1.47. The lowest BCUT2D eigenvalue weighted by Gasteiger charge is -2.30. The number of hydrogen-bond acceptors (Lipinski definition) is 6. The molecule has 0 bridgehead atoms. The lowest BCUT2D eigenvalue weighted by atomic mass is 10.0. The molecule has 2 aromatic heterocycles. The van der Waals surface area contributed by atoms with Crippen LogP contribution >= 0.6 is 11.3 Å². The molecule has 0 atom stereocenters. The molecule has 0 radical (unpaired) electrons. The van der Waals surface area contributed by atoms with E-state index in [-0.39, 0.29) is 27.5 Å². The van der Waals surface area contributed by atoms with Gasteiger partial charge in [0.2, 0.25) is 0 Å². The maximum atomic E-state index is 13.5. The van der Waals surface area contributed by atoms with Crippen molar-refractivity contribution in [2.24, 2.45) is 0 Å². The largest absolute Gasteiger partial charge is 0.465 e. The van der Waals surface area contributed by atoms with Gasteiger partial charge < -0.3 is 19.9 Å². The first-order valence-corrected chi connectivity index (χ1v) is 14.5. The highest BCUT2D eigenvalue weighted by Gasteiger charge is 2.30. The predicted molar refractivity (Wildman–Crippen MR) is 142 cm³/mol. The zero-order valence-electron chi connectivity index (χ0n) is 20.7. The Labute approximate surface area is 222 Å². The third kappa shape index (κ3) is 6.61. The summed E-state index contributed by atoms with van der Waals surface area (Å²) < 4.78 is 65.1. The second-order valence-electron chi connectivity index (χ2n) is 9.23. The number of carboxylic acid groups (broad SMARTS) is 1. The van der Waals surface area contributed by atoms with Gasteiger partial charge in [-0.05, 0) is 69.2 Å². The van der Waals surface area contributed by atoms with Crippen LogP contribution in [0.15, 0.2) is 40.6 Å². The molecule has 204 valence electrons. The molecule has 1 aromatic carbocycles. The Balaban J connectivity index is 1.66. The van der Waals surface area contributed by atoms with Gasteiger partial charge in [0, 0.05) is 23.4 Å². The number of rotatable bonds is 6. The van der Waals surface area contributed by atoms with E-state index in [1.54, 1.807) is 18.2 Å². The Morgan fingerprint density at radius 3 is 2.55 bits per heavy atom. The SMILES string of the molecule is CN1CCC(Nc2cccc3c2cc(C#CCN(C(=O)O)c2ccc(S(C)(=O)=O)s2)n3CC(F)(F)F)CC1. The summed E-state index contributed by atoms with van der Waals surface area (Å²) in [6.45, 7) is 0.252. The fraction of sp³-hybridized carbons (Fsp3) is 0.400. The number of carbonyl (C=O) groups is 1. The summed E-state index contributed by atoms with van der Waals surface area (Å²) in [6.07, 6.45) is -3.01. The number of sulfone groups is 1. The molecule has 2 N–H and O–H groups in total. The Morgan fingerprint density at radius 2 is 1.95 bits per heavy atom. The molecule has 0 saturated carbocycles. The predicted octanol–water partition coefficient (Wildman–Crippen LogP) is 4.71. The normalized spacial score (nSPS) is 15.3. The topological polar surface area (TPSA) is 94.9 Å². The fourth-order valence-electron chi connectivity index (χ4n) is 4.34. The van der Waals surface area contributed by atoms with Gasteiger partial charge in [0.15, 0.2) is 9.84 Å². The molecule has 3 heterocycles. The zero-order chi connectivity index (χ0) is 27.7. The molecular weight excluding hydrogens is 541 g/mol. The van der Waals surface area contributed by atoms with E-state index < -0.39 is 28.7 Å². The number of nitrogens with one attached hydrogen (secondary N) is 1. The van der Waals surface area contributed by atoms with Gasteiger partial charge >= 0.3 is 12.3 Å². The summed E-state index contributed by atoms with van der Waals surface area (Å²) in [5.74, 6) is 5.37. The molecule has 38 heavy (non-hydrogen) atoms. The highest BCUT2D eigenvalue weighted by Crippen LogP contribution is 2.32. The van der Waals surface area contributed by atoms with Gasteiger partial charge in [0.05, 0.1) is 17.8 Å². The van der Waals surface area contributed by atoms with E-state index in [0.717, 1.165) is 58.7 Å². The number of benzene rings is 1. The summed E-state index contributed by atoms with van der Waals surface area (Å²) in [4.78, 5) is 14.9. The Kier molecular flexibility index (Phi) is 7.96. The molecule has 1 fully saturated rings. The molecule has 13 heteroatoms. The lowest BCUT2D eigenvalue weighted by molar-refractivity contribution is -0.140. The molecule has 1 aliphatic rings. The Hall–Kier alpha value is -3.21. The number of hydrogen-bond donors (Lipinski definition) is 2. The minimum Gasteiger partial charge on any atom is -0.465 e. The highest BCUT2D eigenvalue weighted by atomic mass is 32.2. The quantitative estimate of drug-likeness (QED) is 0.419. The average Bonchev–Trinajstić information content (AvgIpc) is 3.43. The van der Waals surface area contributed by atoms with Gasteiger partial charge in [-0.3, -0.25) is 4.90 Å². The van der Waals surface area contributed by atoms with Crippen LogP contribution in [-0.2, 0) is 16.4 Å². The van der Waals surface area contributed by atoms with Crippen molar-refractivity contribution in [3.8, 4) is 11.8 Å². The molecule has 4 rings (SSSR count). The molecule has 8 nitrogen and oxygen atoms in total. The van der Waals surface area contributed by atoms with Crippen LogP contribution in [0, 0.1) is 11.8 Å². The minimum atomic E-state index is -4.49. The Morgan fingerprint density at radius 1 is 1.24 bits per heavy atom. The molecule has 1 saturated heterocycles. The van der Waals surface area contributed by atoms with Crippen LogP contribution in [0.4, 0.5) is 28.7 Å². The van der Waals surface area contributed by atoms with Crippen molar-refractivity contribution in [1.82, 2.24) is 9.47 Å². The molecule has 1 aliphatic heterocycles. The number of fused-ring (bicyclic) bond motifs is 1. The van der Waals surface area contributed by atoms with Crippen LogP contribution in [0.1, 0.15) is 18.5 Å². The summed E-state index contributed by atoms with van der Waals surface area (Å²) in [6, 6.07) is 9.59. The van der Waals surface area contributed by atoms with Gasteiger partial charge in [-0.25, -0.2) is 13.2 Å². The third-order valence-corrected chi connectivity index (χ3v) is 9.17. The molecule has 1 amide bonds. The first-order chi connectivity index (χ1) is 17.8. The van der Waals surface area contributed by atoms with Gasteiger partial charge in [-0.1, -0.05) is 12.0 Å². The first-order valence-electron chi connectivity index (χ1n) is 11.7. The van der Waals surface area contributed by atoms with Crippen LogP contribution in [-0.4, -0.2) is 74.2 Å². The van der Waals surface area contributed by atoms with Gasteiger partial charge in [0.25, 0.3) is 0 Å². The molecule has 0 aliphatic carbocycles. The number of aromatic nitrogens is 1. The number of piperidine rings is 1. The third-order valence-electron chi connectivity index (χ3n) is 6.24. The number of alkyl halides is 3. The van der Waals surface area contributed by atoms with Crippen molar-refractivity contribution in [2.45, 2.75) is 35.8 Å².